The van der Waals surface area contributed by atoms with Crippen LogP contribution >= 0.6 is 0 Å². The molecule has 0 aromatic carbocycles. The van der Waals surface area contributed by atoms with Crippen molar-refractivity contribution in [1.82, 2.24) is 10.3 Å². The minimum atomic E-state index is 0.902. The molecule has 0 amide bonds. The SMILES string of the molecule is CCNCc1cc(CC)nc(N(C)CC2CC2)c1. The van der Waals surface area contributed by atoms with Gasteiger partial charge in [0.1, 0.15) is 5.82 Å². The van der Waals surface area contributed by atoms with Crippen molar-refractivity contribution in [3.8, 4) is 0 Å². The van der Waals surface area contributed by atoms with Gasteiger partial charge in [-0.15, -0.1) is 0 Å². The molecular weight excluding hydrogens is 222 g/mol. The van der Waals surface area contributed by atoms with Gasteiger partial charge in [-0.3, -0.25) is 0 Å². The van der Waals surface area contributed by atoms with Crippen LogP contribution in [0.4, 0.5) is 5.82 Å². The summed E-state index contributed by atoms with van der Waals surface area (Å²) in [5, 5.41) is 3.39. The number of nitrogens with one attached hydrogen (secondary N) is 1. The van der Waals surface area contributed by atoms with Gasteiger partial charge in [0, 0.05) is 25.8 Å². The van der Waals surface area contributed by atoms with Gasteiger partial charge < -0.3 is 10.2 Å². The highest BCUT2D eigenvalue weighted by molar-refractivity contribution is 5.42. The maximum atomic E-state index is 4.74. The Balaban J connectivity index is 2.10. The number of rotatable bonds is 7. The van der Waals surface area contributed by atoms with Crippen LogP contribution in [0.2, 0.25) is 0 Å². The lowest BCUT2D eigenvalue weighted by Gasteiger charge is -2.19. The number of pyridine rings is 1. The van der Waals surface area contributed by atoms with Crippen molar-refractivity contribution in [2.24, 2.45) is 5.92 Å². The van der Waals surface area contributed by atoms with Crippen molar-refractivity contribution in [2.45, 2.75) is 39.7 Å². The number of aromatic nitrogens is 1. The molecule has 0 atom stereocenters. The van der Waals surface area contributed by atoms with Crippen LogP contribution in [0.25, 0.3) is 0 Å². The Morgan fingerprint density at radius 2 is 2.11 bits per heavy atom. The van der Waals surface area contributed by atoms with Gasteiger partial charge in [-0.1, -0.05) is 13.8 Å². The average molecular weight is 247 g/mol. The van der Waals surface area contributed by atoms with Crippen molar-refractivity contribution >= 4 is 5.82 Å². The minimum absolute atomic E-state index is 0.902. The van der Waals surface area contributed by atoms with Crippen molar-refractivity contribution in [3.63, 3.8) is 0 Å². The summed E-state index contributed by atoms with van der Waals surface area (Å²) in [6.07, 6.45) is 3.79. The summed E-state index contributed by atoms with van der Waals surface area (Å²) in [4.78, 5) is 7.05. The fourth-order valence-electron chi connectivity index (χ4n) is 2.16. The second kappa shape index (κ2) is 6.19. The Bertz CT molecular complexity index is 385. The fourth-order valence-corrected chi connectivity index (χ4v) is 2.16. The number of nitrogens with zero attached hydrogens (tertiary/aromatic N) is 2. The molecule has 100 valence electrons. The van der Waals surface area contributed by atoms with Gasteiger partial charge in [0.25, 0.3) is 0 Å². The molecule has 0 saturated heterocycles. The monoisotopic (exact) mass is 247 g/mol. The molecule has 2 rings (SSSR count). The number of hydrogen-bond donors (Lipinski definition) is 1. The van der Waals surface area contributed by atoms with Crippen molar-refractivity contribution in [1.29, 1.82) is 0 Å². The molecule has 0 unspecified atom stereocenters. The van der Waals surface area contributed by atoms with E-state index in [0.717, 1.165) is 37.8 Å². The van der Waals surface area contributed by atoms with E-state index in [0.29, 0.717) is 0 Å². The molecule has 1 fully saturated rings. The molecule has 0 radical (unpaired) electrons. The highest BCUT2D eigenvalue weighted by Crippen LogP contribution is 2.30. The van der Waals surface area contributed by atoms with E-state index in [4.69, 9.17) is 4.98 Å². The molecule has 0 bridgehead atoms. The van der Waals surface area contributed by atoms with E-state index in [1.807, 2.05) is 0 Å². The van der Waals surface area contributed by atoms with Crippen LogP contribution in [-0.2, 0) is 13.0 Å². The first kappa shape index (κ1) is 13.3. The summed E-state index contributed by atoms with van der Waals surface area (Å²) < 4.78 is 0. The first-order valence-corrected chi connectivity index (χ1v) is 7.14. The Hall–Kier alpha value is -1.09. The zero-order chi connectivity index (χ0) is 13.0. The zero-order valence-corrected chi connectivity index (χ0v) is 11.9. The molecular formula is C15H25N3. The second-order valence-electron chi connectivity index (χ2n) is 5.28. The van der Waals surface area contributed by atoms with Crippen LogP contribution in [0.1, 0.15) is 37.9 Å². The molecule has 18 heavy (non-hydrogen) atoms. The predicted molar refractivity (Wildman–Crippen MR) is 77.0 cm³/mol. The van der Waals surface area contributed by atoms with E-state index in [1.165, 1.54) is 24.1 Å². The van der Waals surface area contributed by atoms with Gasteiger partial charge in [0.2, 0.25) is 0 Å². The molecule has 1 aliphatic carbocycles. The van der Waals surface area contributed by atoms with E-state index in [-0.39, 0.29) is 0 Å². The number of hydrogen-bond acceptors (Lipinski definition) is 3. The molecule has 0 aliphatic heterocycles. The van der Waals surface area contributed by atoms with Crippen molar-refractivity contribution < 1.29 is 0 Å². The summed E-state index contributed by atoms with van der Waals surface area (Å²) in [6.45, 7) is 7.42. The Morgan fingerprint density at radius 3 is 2.72 bits per heavy atom. The van der Waals surface area contributed by atoms with Gasteiger partial charge in [-0.25, -0.2) is 4.98 Å². The van der Waals surface area contributed by atoms with E-state index in [2.05, 4.69) is 43.2 Å². The third-order valence-electron chi connectivity index (χ3n) is 3.49. The molecule has 1 aromatic rings. The van der Waals surface area contributed by atoms with Crippen LogP contribution < -0.4 is 10.2 Å². The van der Waals surface area contributed by atoms with Crippen LogP contribution in [0.3, 0.4) is 0 Å². The summed E-state index contributed by atoms with van der Waals surface area (Å²) in [5.41, 5.74) is 2.55. The van der Waals surface area contributed by atoms with Crippen LogP contribution in [-0.4, -0.2) is 25.1 Å². The van der Waals surface area contributed by atoms with E-state index >= 15 is 0 Å². The standard InChI is InChI=1S/C15H25N3/c1-4-14-8-13(10-16-5-2)9-15(17-14)18(3)11-12-6-7-12/h8-9,12,16H,4-7,10-11H2,1-3H3. The van der Waals surface area contributed by atoms with Crippen LogP contribution in [0, 0.1) is 5.92 Å². The smallest absolute Gasteiger partial charge is 0.128 e. The quantitative estimate of drug-likeness (QED) is 0.803. The lowest BCUT2D eigenvalue weighted by molar-refractivity contribution is 0.721. The predicted octanol–water partition coefficient (Wildman–Crippen LogP) is 2.60. The Morgan fingerprint density at radius 1 is 1.33 bits per heavy atom. The zero-order valence-electron chi connectivity index (χ0n) is 11.9. The molecule has 1 heterocycles. The minimum Gasteiger partial charge on any atom is -0.359 e. The van der Waals surface area contributed by atoms with Crippen LogP contribution in [0.15, 0.2) is 12.1 Å². The maximum absolute atomic E-state index is 4.74. The van der Waals surface area contributed by atoms with Gasteiger partial charge in [-0.05, 0) is 49.4 Å². The topological polar surface area (TPSA) is 28.2 Å². The third-order valence-corrected chi connectivity index (χ3v) is 3.49. The van der Waals surface area contributed by atoms with Crippen LogP contribution in [0.5, 0.6) is 0 Å². The number of anilines is 1. The lowest BCUT2D eigenvalue weighted by Crippen LogP contribution is -2.22. The highest BCUT2D eigenvalue weighted by atomic mass is 15.2. The Kier molecular flexibility index (Phi) is 4.59. The molecule has 3 nitrogen and oxygen atoms in total. The molecule has 1 aromatic heterocycles. The molecule has 3 heteroatoms. The highest BCUT2D eigenvalue weighted by Gasteiger charge is 2.23. The van der Waals surface area contributed by atoms with E-state index in [9.17, 15) is 0 Å². The molecule has 1 N–H and O–H groups in total. The Labute approximate surface area is 111 Å². The first-order valence-electron chi connectivity index (χ1n) is 7.14. The summed E-state index contributed by atoms with van der Waals surface area (Å²) in [5.74, 6) is 2.04. The normalized spacial score (nSPS) is 14.8. The second-order valence-corrected chi connectivity index (χ2v) is 5.28. The molecule has 1 saturated carbocycles. The summed E-state index contributed by atoms with van der Waals surface area (Å²) in [7, 11) is 2.16. The van der Waals surface area contributed by atoms with Gasteiger partial charge >= 0.3 is 0 Å². The first-order chi connectivity index (χ1) is 8.72. The van der Waals surface area contributed by atoms with E-state index < -0.39 is 0 Å². The van der Waals surface area contributed by atoms with E-state index in [1.54, 1.807) is 0 Å². The van der Waals surface area contributed by atoms with Crippen molar-refractivity contribution in [2.75, 3.05) is 25.0 Å². The molecule has 1 aliphatic rings. The lowest BCUT2D eigenvalue weighted by atomic mass is 10.2. The van der Waals surface area contributed by atoms with Gasteiger partial charge in [0.05, 0.1) is 0 Å². The summed E-state index contributed by atoms with van der Waals surface area (Å²) in [6, 6.07) is 4.45. The van der Waals surface area contributed by atoms with Gasteiger partial charge in [0.15, 0.2) is 0 Å². The number of aryl methyl sites for hydroxylation is 1. The van der Waals surface area contributed by atoms with Gasteiger partial charge in [-0.2, -0.15) is 0 Å². The largest absolute Gasteiger partial charge is 0.359 e. The third kappa shape index (κ3) is 3.70. The average Bonchev–Trinajstić information content (AvgIpc) is 3.19. The molecule has 0 spiro atoms. The summed E-state index contributed by atoms with van der Waals surface area (Å²) >= 11 is 0. The fraction of sp³-hybridized carbons (Fsp3) is 0.667. The maximum Gasteiger partial charge on any atom is 0.128 e. The van der Waals surface area contributed by atoms with Crippen molar-refractivity contribution in [3.05, 3.63) is 23.4 Å².